The van der Waals surface area contributed by atoms with Gasteiger partial charge in [0.1, 0.15) is 10.0 Å². The Morgan fingerprint density at radius 3 is 2.72 bits per heavy atom. The van der Waals surface area contributed by atoms with Crippen LogP contribution in [0.1, 0.15) is 61.5 Å². The van der Waals surface area contributed by atoms with Crippen molar-refractivity contribution >= 4 is 17.2 Å². The standard InChI is InChI=1S/C20H27N3OS/c1-20(2,3)13-18(24)23-11-7-10-16(14-23)19-22-21-17(25-19)12-15-8-5-4-6-9-15/h4-6,8-9,16H,7,10-14H2,1-3H3. The van der Waals surface area contributed by atoms with Crippen LogP contribution in [-0.2, 0) is 11.2 Å². The first-order valence-electron chi connectivity index (χ1n) is 9.05. The highest BCUT2D eigenvalue weighted by molar-refractivity contribution is 7.11. The number of amides is 1. The van der Waals surface area contributed by atoms with E-state index in [9.17, 15) is 4.79 Å². The summed E-state index contributed by atoms with van der Waals surface area (Å²) in [6.07, 6.45) is 3.58. The molecule has 2 heterocycles. The van der Waals surface area contributed by atoms with E-state index < -0.39 is 0 Å². The Labute approximate surface area is 154 Å². The molecule has 1 aliphatic heterocycles. The third-order valence-electron chi connectivity index (χ3n) is 4.49. The molecule has 1 amide bonds. The molecular weight excluding hydrogens is 330 g/mol. The maximum atomic E-state index is 12.5. The lowest BCUT2D eigenvalue weighted by Crippen LogP contribution is -2.40. The predicted octanol–water partition coefficient (Wildman–Crippen LogP) is 4.27. The molecule has 0 N–H and O–H groups in total. The molecule has 3 rings (SSSR count). The van der Waals surface area contributed by atoms with Crippen molar-refractivity contribution in [1.29, 1.82) is 0 Å². The van der Waals surface area contributed by atoms with E-state index >= 15 is 0 Å². The molecule has 0 saturated carbocycles. The Morgan fingerprint density at radius 2 is 2.00 bits per heavy atom. The van der Waals surface area contributed by atoms with Crippen molar-refractivity contribution in [2.75, 3.05) is 13.1 Å². The monoisotopic (exact) mass is 357 g/mol. The Balaban J connectivity index is 1.63. The second-order valence-electron chi connectivity index (χ2n) is 8.11. The van der Waals surface area contributed by atoms with Crippen molar-refractivity contribution < 1.29 is 4.79 Å². The largest absolute Gasteiger partial charge is 0.342 e. The number of carbonyl (C=O) groups excluding carboxylic acids is 1. The first-order chi connectivity index (χ1) is 11.9. The van der Waals surface area contributed by atoms with Gasteiger partial charge in [0.25, 0.3) is 0 Å². The molecule has 4 nitrogen and oxygen atoms in total. The zero-order valence-electron chi connectivity index (χ0n) is 15.4. The lowest BCUT2D eigenvalue weighted by molar-refractivity contribution is -0.134. The SMILES string of the molecule is CC(C)(C)CC(=O)N1CCCC(c2nnc(Cc3ccccc3)s2)C1. The highest BCUT2D eigenvalue weighted by Gasteiger charge is 2.29. The van der Waals surface area contributed by atoms with Crippen LogP contribution in [0.4, 0.5) is 0 Å². The van der Waals surface area contributed by atoms with Crippen LogP contribution in [0.2, 0.25) is 0 Å². The molecule has 1 aromatic heterocycles. The highest BCUT2D eigenvalue weighted by Crippen LogP contribution is 2.31. The molecule has 0 aliphatic carbocycles. The van der Waals surface area contributed by atoms with Crippen LogP contribution in [0.25, 0.3) is 0 Å². The molecule has 1 aliphatic rings. The van der Waals surface area contributed by atoms with E-state index in [1.807, 2.05) is 11.0 Å². The molecule has 25 heavy (non-hydrogen) atoms. The molecule has 1 unspecified atom stereocenters. The van der Waals surface area contributed by atoms with Crippen LogP contribution in [0.3, 0.4) is 0 Å². The first-order valence-corrected chi connectivity index (χ1v) is 9.86. The van der Waals surface area contributed by atoms with E-state index in [4.69, 9.17) is 0 Å². The minimum atomic E-state index is 0.0373. The Hall–Kier alpha value is -1.75. The van der Waals surface area contributed by atoms with Crippen molar-refractivity contribution in [3.05, 3.63) is 45.9 Å². The van der Waals surface area contributed by atoms with E-state index in [0.29, 0.717) is 12.3 Å². The van der Waals surface area contributed by atoms with Gasteiger partial charge in [0, 0.05) is 31.8 Å². The molecular formula is C20H27N3OS. The zero-order valence-corrected chi connectivity index (χ0v) is 16.2. The minimum Gasteiger partial charge on any atom is -0.342 e. The molecule has 0 radical (unpaired) electrons. The van der Waals surface area contributed by atoms with Gasteiger partial charge >= 0.3 is 0 Å². The average Bonchev–Trinajstić information content (AvgIpc) is 3.03. The second kappa shape index (κ2) is 7.65. The van der Waals surface area contributed by atoms with Crippen molar-refractivity contribution in [1.82, 2.24) is 15.1 Å². The number of benzene rings is 1. The smallest absolute Gasteiger partial charge is 0.223 e. The lowest BCUT2D eigenvalue weighted by Gasteiger charge is -2.33. The van der Waals surface area contributed by atoms with Gasteiger partial charge < -0.3 is 4.90 Å². The van der Waals surface area contributed by atoms with Crippen molar-refractivity contribution in [2.45, 2.75) is 52.4 Å². The molecule has 1 atom stereocenters. The second-order valence-corrected chi connectivity index (χ2v) is 9.21. The molecule has 0 spiro atoms. The summed E-state index contributed by atoms with van der Waals surface area (Å²) in [6, 6.07) is 10.4. The number of hydrogen-bond acceptors (Lipinski definition) is 4. The summed E-state index contributed by atoms with van der Waals surface area (Å²) in [5.41, 5.74) is 1.30. The van der Waals surface area contributed by atoms with Crippen molar-refractivity contribution in [2.24, 2.45) is 5.41 Å². The van der Waals surface area contributed by atoms with Crippen LogP contribution in [0.15, 0.2) is 30.3 Å². The number of nitrogens with zero attached hydrogens (tertiary/aromatic N) is 3. The third-order valence-corrected chi connectivity index (χ3v) is 5.57. The summed E-state index contributed by atoms with van der Waals surface area (Å²) in [4.78, 5) is 14.6. The van der Waals surface area contributed by atoms with Crippen molar-refractivity contribution in [3.8, 4) is 0 Å². The summed E-state index contributed by atoms with van der Waals surface area (Å²) >= 11 is 1.70. The number of aromatic nitrogens is 2. The number of likely N-dealkylation sites (tertiary alicyclic amines) is 1. The quantitative estimate of drug-likeness (QED) is 0.821. The Morgan fingerprint density at radius 1 is 1.24 bits per heavy atom. The van der Waals surface area contributed by atoms with E-state index in [-0.39, 0.29) is 11.3 Å². The molecule has 5 heteroatoms. The van der Waals surface area contributed by atoms with Gasteiger partial charge in [-0.25, -0.2) is 0 Å². The minimum absolute atomic E-state index is 0.0373. The predicted molar refractivity (Wildman–Crippen MR) is 102 cm³/mol. The van der Waals surface area contributed by atoms with E-state index in [1.165, 1.54) is 5.56 Å². The van der Waals surface area contributed by atoms with E-state index in [0.717, 1.165) is 42.4 Å². The number of piperidine rings is 1. The van der Waals surface area contributed by atoms with Gasteiger partial charge in [0.2, 0.25) is 5.91 Å². The molecule has 1 saturated heterocycles. The van der Waals surface area contributed by atoms with Crippen molar-refractivity contribution in [3.63, 3.8) is 0 Å². The maximum absolute atomic E-state index is 12.5. The summed E-state index contributed by atoms with van der Waals surface area (Å²) in [5, 5.41) is 11.0. The third kappa shape index (κ3) is 5.11. The molecule has 0 bridgehead atoms. The summed E-state index contributed by atoms with van der Waals surface area (Å²) < 4.78 is 0. The van der Waals surface area contributed by atoms with Gasteiger partial charge in [-0.3, -0.25) is 4.79 Å². The van der Waals surface area contributed by atoms with Crippen LogP contribution in [-0.4, -0.2) is 34.1 Å². The Bertz CT molecular complexity index is 705. The molecule has 134 valence electrons. The normalized spacial score (nSPS) is 18.4. The van der Waals surface area contributed by atoms with Crippen LogP contribution < -0.4 is 0 Å². The molecule has 1 fully saturated rings. The first kappa shape index (κ1) is 18.1. The van der Waals surface area contributed by atoms with Gasteiger partial charge in [-0.05, 0) is 23.8 Å². The van der Waals surface area contributed by atoms with Gasteiger partial charge in [0.15, 0.2) is 0 Å². The average molecular weight is 358 g/mol. The number of carbonyl (C=O) groups is 1. The van der Waals surface area contributed by atoms with Gasteiger partial charge in [-0.2, -0.15) is 0 Å². The van der Waals surface area contributed by atoms with Crippen LogP contribution in [0.5, 0.6) is 0 Å². The number of rotatable bonds is 4. The number of hydrogen-bond donors (Lipinski definition) is 0. The molecule has 1 aromatic carbocycles. The fraction of sp³-hybridized carbons (Fsp3) is 0.550. The summed E-state index contributed by atoms with van der Waals surface area (Å²) in [5.74, 6) is 0.603. The maximum Gasteiger partial charge on any atom is 0.223 e. The summed E-state index contributed by atoms with van der Waals surface area (Å²) in [7, 11) is 0. The van der Waals surface area contributed by atoms with Gasteiger partial charge in [-0.15, -0.1) is 21.5 Å². The van der Waals surface area contributed by atoms with Crippen LogP contribution in [0, 0.1) is 5.41 Å². The molecule has 2 aromatic rings. The van der Waals surface area contributed by atoms with Gasteiger partial charge in [-0.1, -0.05) is 51.1 Å². The van der Waals surface area contributed by atoms with E-state index in [1.54, 1.807) is 11.3 Å². The van der Waals surface area contributed by atoms with E-state index in [2.05, 4.69) is 55.2 Å². The van der Waals surface area contributed by atoms with Crippen LogP contribution >= 0.6 is 11.3 Å². The fourth-order valence-corrected chi connectivity index (χ4v) is 4.25. The topological polar surface area (TPSA) is 46.1 Å². The lowest BCUT2D eigenvalue weighted by atomic mass is 9.90. The Kier molecular flexibility index (Phi) is 5.52. The summed E-state index contributed by atoms with van der Waals surface area (Å²) in [6.45, 7) is 8.02. The zero-order chi connectivity index (χ0) is 17.9. The highest BCUT2D eigenvalue weighted by atomic mass is 32.1. The fourth-order valence-electron chi connectivity index (χ4n) is 3.24. The van der Waals surface area contributed by atoms with Gasteiger partial charge in [0.05, 0.1) is 0 Å².